The summed E-state index contributed by atoms with van der Waals surface area (Å²) in [5.41, 5.74) is 5.82. The van der Waals surface area contributed by atoms with Gasteiger partial charge in [-0.2, -0.15) is 0 Å². The topological polar surface area (TPSA) is 35.2 Å². The van der Waals surface area contributed by atoms with Crippen LogP contribution in [0, 0.1) is 23.4 Å². The highest BCUT2D eigenvalue weighted by molar-refractivity contribution is 5.24. The van der Waals surface area contributed by atoms with Crippen molar-refractivity contribution < 1.29 is 17.9 Å². The minimum absolute atomic E-state index is 0.00870. The highest BCUT2D eigenvalue weighted by Gasteiger charge is 2.27. The summed E-state index contributed by atoms with van der Waals surface area (Å²) < 4.78 is 44.2. The Morgan fingerprint density at radius 3 is 2.50 bits per heavy atom. The van der Waals surface area contributed by atoms with Crippen molar-refractivity contribution in [3.8, 4) is 0 Å². The molecule has 0 radical (unpaired) electrons. The zero-order chi connectivity index (χ0) is 11.7. The molecule has 0 saturated carbocycles. The van der Waals surface area contributed by atoms with Gasteiger partial charge in [-0.15, -0.1) is 0 Å². The molecule has 1 aromatic carbocycles. The van der Waals surface area contributed by atoms with E-state index in [-0.39, 0.29) is 11.5 Å². The molecule has 1 saturated heterocycles. The Kier molecular flexibility index (Phi) is 3.16. The highest BCUT2D eigenvalue weighted by atomic mass is 19.2. The minimum Gasteiger partial charge on any atom is -0.381 e. The molecule has 0 aliphatic carbocycles. The molecule has 88 valence electrons. The van der Waals surface area contributed by atoms with Crippen molar-refractivity contribution >= 4 is 0 Å². The second-order valence-corrected chi connectivity index (χ2v) is 3.94. The largest absolute Gasteiger partial charge is 0.381 e. The number of nitrogens with two attached hydrogens (primary N) is 1. The van der Waals surface area contributed by atoms with Crippen molar-refractivity contribution in [2.24, 2.45) is 11.7 Å². The molecule has 16 heavy (non-hydrogen) atoms. The van der Waals surface area contributed by atoms with Crippen LogP contribution in [-0.4, -0.2) is 13.2 Å². The number of benzene rings is 1. The Morgan fingerprint density at radius 2 is 1.88 bits per heavy atom. The predicted molar refractivity (Wildman–Crippen MR) is 52.2 cm³/mol. The van der Waals surface area contributed by atoms with Gasteiger partial charge in [0.2, 0.25) is 0 Å². The maximum absolute atomic E-state index is 13.4. The van der Waals surface area contributed by atoms with Crippen molar-refractivity contribution in [1.82, 2.24) is 0 Å². The van der Waals surface area contributed by atoms with E-state index in [4.69, 9.17) is 10.5 Å². The maximum Gasteiger partial charge on any atom is 0.161 e. The predicted octanol–water partition coefficient (Wildman–Crippen LogP) is 2.14. The molecule has 1 aliphatic heterocycles. The molecule has 2 atom stereocenters. The van der Waals surface area contributed by atoms with Gasteiger partial charge in [0.15, 0.2) is 11.6 Å². The summed E-state index contributed by atoms with van der Waals surface area (Å²) in [5.74, 6) is -3.13. The van der Waals surface area contributed by atoms with Gasteiger partial charge in [-0.05, 0) is 12.5 Å². The van der Waals surface area contributed by atoms with Crippen molar-refractivity contribution in [3.63, 3.8) is 0 Å². The van der Waals surface area contributed by atoms with Crippen LogP contribution in [-0.2, 0) is 4.74 Å². The fraction of sp³-hybridized carbons (Fsp3) is 0.455. The van der Waals surface area contributed by atoms with Crippen molar-refractivity contribution in [1.29, 1.82) is 0 Å². The van der Waals surface area contributed by atoms with Gasteiger partial charge < -0.3 is 10.5 Å². The normalized spacial score (nSPS) is 22.4. The summed E-state index contributed by atoms with van der Waals surface area (Å²) in [7, 11) is 0. The van der Waals surface area contributed by atoms with E-state index in [0.717, 1.165) is 6.07 Å². The number of hydrogen-bond acceptors (Lipinski definition) is 2. The van der Waals surface area contributed by atoms with Crippen LogP contribution >= 0.6 is 0 Å². The van der Waals surface area contributed by atoms with E-state index in [1.807, 2.05) is 0 Å². The molecule has 1 fully saturated rings. The lowest BCUT2D eigenvalue weighted by Crippen LogP contribution is -2.23. The number of halogens is 3. The molecule has 2 nitrogen and oxygen atoms in total. The van der Waals surface area contributed by atoms with E-state index in [1.165, 1.54) is 0 Å². The molecule has 0 aromatic heterocycles. The van der Waals surface area contributed by atoms with Gasteiger partial charge in [-0.1, -0.05) is 0 Å². The third kappa shape index (κ3) is 2.05. The molecular formula is C11H12F3NO. The lowest BCUT2D eigenvalue weighted by atomic mass is 9.93. The van der Waals surface area contributed by atoms with Crippen LogP contribution in [0.5, 0.6) is 0 Å². The molecule has 0 amide bonds. The third-order valence-electron chi connectivity index (χ3n) is 2.87. The van der Waals surface area contributed by atoms with Gasteiger partial charge in [-0.3, -0.25) is 0 Å². The fourth-order valence-electron chi connectivity index (χ4n) is 1.88. The third-order valence-corrected chi connectivity index (χ3v) is 2.87. The molecule has 1 heterocycles. The Morgan fingerprint density at radius 1 is 1.19 bits per heavy atom. The monoisotopic (exact) mass is 231 g/mol. The first-order valence-corrected chi connectivity index (χ1v) is 5.07. The first-order valence-electron chi connectivity index (χ1n) is 5.07. The summed E-state index contributed by atoms with van der Waals surface area (Å²) >= 11 is 0. The Bertz CT molecular complexity index is 391. The lowest BCUT2D eigenvalue weighted by Gasteiger charge is -2.18. The van der Waals surface area contributed by atoms with Crippen LogP contribution in [0.1, 0.15) is 18.0 Å². The van der Waals surface area contributed by atoms with Crippen LogP contribution in [0.25, 0.3) is 0 Å². The van der Waals surface area contributed by atoms with Crippen LogP contribution in [0.15, 0.2) is 12.1 Å². The van der Waals surface area contributed by atoms with E-state index in [1.54, 1.807) is 0 Å². The number of ether oxygens (including phenoxy) is 1. The number of rotatable bonds is 2. The van der Waals surface area contributed by atoms with E-state index in [9.17, 15) is 13.2 Å². The maximum atomic E-state index is 13.4. The Labute approximate surface area is 91.2 Å². The van der Waals surface area contributed by atoms with Gasteiger partial charge in [0.1, 0.15) is 5.82 Å². The van der Waals surface area contributed by atoms with Gasteiger partial charge in [0.05, 0.1) is 6.61 Å². The first kappa shape index (κ1) is 11.4. The molecule has 2 rings (SSSR count). The zero-order valence-electron chi connectivity index (χ0n) is 8.55. The van der Waals surface area contributed by atoms with Crippen LogP contribution in [0.4, 0.5) is 13.2 Å². The van der Waals surface area contributed by atoms with Gasteiger partial charge in [-0.25, -0.2) is 13.2 Å². The second kappa shape index (κ2) is 4.43. The van der Waals surface area contributed by atoms with Crippen LogP contribution < -0.4 is 5.73 Å². The van der Waals surface area contributed by atoms with E-state index >= 15 is 0 Å². The molecular weight excluding hydrogens is 219 g/mol. The second-order valence-electron chi connectivity index (χ2n) is 3.94. The molecule has 5 heteroatoms. The molecule has 1 aliphatic rings. The summed E-state index contributed by atoms with van der Waals surface area (Å²) in [6, 6.07) is 0.700. The zero-order valence-corrected chi connectivity index (χ0v) is 8.55. The fourth-order valence-corrected chi connectivity index (χ4v) is 1.88. The average molecular weight is 231 g/mol. The lowest BCUT2D eigenvalue weighted by molar-refractivity contribution is 0.180. The van der Waals surface area contributed by atoms with E-state index in [0.29, 0.717) is 25.7 Å². The Hall–Kier alpha value is -1.07. The molecule has 0 bridgehead atoms. The Balaban J connectivity index is 2.28. The van der Waals surface area contributed by atoms with E-state index < -0.39 is 23.5 Å². The standard InChI is InChI=1S/C11H12F3NO/c12-8-4-10(14)9(13)3-7(8)11(15)6-1-2-16-5-6/h3-4,6,11H,1-2,5,15H2. The van der Waals surface area contributed by atoms with Gasteiger partial charge >= 0.3 is 0 Å². The van der Waals surface area contributed by atoms with Gasteiger partial charge in [0, 0.05) is 30.2 Å². The quantitative estimate of drug-likeness (QED) is 0.791. The van der Waals surface area contributed by atoms with Crippen molar-refractivity contribution in [2.45, 2.75) is 12.5 Å². The highest BCUT2D eigenvalue weighted by Crippen LogP contribution is 2.29. The molecule has 2 unspecified atom stereocenters. The van der Waals surface area contributed by atoms with Crippen molar-refractivity contribution in [3.05, 3.63) is 35.1 Å². The van der Waals surface area contributed by atoms with Crippen LogP contribution in [0.2, 0.25) is 0 Å². The van der Waals surface area contributed by atoms with Crippen LogP contribution in [0.3, 0.4) is 0 Å². The smallest absolute Gasteiger partial charge is 0.161 e. The minimum atomic E-state index is -1.20. The van der Waals surface area contributed by atoms with Gasteiger partial charge in [0.25, 0.3) is 0 Å². The summed E-state index contributed by atoms with van der Waals surface area (Å²) in [6.07, 6.45) is 0.708. The summed E-state index contributed by atoms with van der Waals surface area (Å²) in [6.45, 7) is 1.00. The van der Waals surface area contributed by atoms with E-state index in [2.05, 4.69) is 0 Å². The number of hydrogen-bond donors (Lipinski definition) is 1. The molecule has 0 spiro atoms. The average Bonchev–Trinajstić information content (AvgIpc) is 2.75. The first-order chi connectivity index (χ1) is 7.59. The molecule has 2 N–H and O–H groups in total. The summed E-state index contributed by atoms with van der Waals surface area (Å²) in [5, 5.41) is 0. The molecule has 1 aromatic rings. The SMILES string of the molecule is NC(c1cc(F)c(F)cc1F)C1CCOC1. The summed E-state index contributed by atoms with van der Waals surface area (Å²) in [4.78, 5) is 0. The van der Waals surface area contributed by atoms with Crippen molar-refractivity contribution in [2.75, 3.05) is 13.2 Å².